The minimum Gasteiger partial charge on any atom is -0.372 e. The Kier molecular flexibility index (Phi) is 6.90. The normalized spacial score (nSPS) is 21.1. The van der Waals surface area contributed by atoms with Crippen molar-refractivity contribution < 1.29 is 4.79 Å². The van der Waals surface area contributed by atoms with Gasteiger partial charge in [-0.15, -0.1) is 0 Å². The van der Waals surface area contributed by atoms with Crippen LogP contribution in [0.3, 0.4) is 0 Å². The Labute approximate surface area is 185 Å². The second-order valence-corrected chi connectivity index (χ2v) is 9.15. The molecule has 168 valence electrons. The number of aryl methyl sites for hydroxylation is 2. The van der Waals surface area contributed by atoms with E-state index in [4.69, 9.17) is 0 Å². The molecule has 2 aliphatic rings. The van der Waals surface area contributed by atoms with Crippen molar-refractivity contribution in [2.75, 3.05) is 36.4 Å². The SMILES string of the molecule is Cc1nc(C)n(CC2CCCN(C(C)C(=O)Nc3ccc(N4CCCCC4)cc3)C2)n1. The first-order valence-electron chi connectivity index (χ1n) is 11.8. The van der Waals surface area contributed by atoms with Crippen LogP contribution in [0.1, 0.15) is 50.7 Å². The Morgan fingerprint density at radius 3 is 2.52 bits per heavy atom. The largest absolute Gasteiger partial charge is 0.372 e. The zero-order chi connectivity index (χ0) is 21.8. The van der Waals surface area contributed by atoms with E-state index in [0.29, 0.717) is 5.92 Å². The second kappa shape index (κ2) is 9.81. The van der Waals surface area contributed by atoms with Crippen LogP contribution in [0.5, 0.6) is 0 Å². The van der Waals surface area contributed by atoms with E-state index in [0.717, 1.165) is 56.5 Å². The first-order chi connectivity index (χ1) is 15.0. The molecule has 7 nitrogen and oxygen atoms in total. The molecule has 2 saturated heterocycles. The van der Waals surface area contributed by atoms with Gasteiger partial charge in [0.15, 0.2) is 0 Å². The molecule has 2 unspecified atom stereocenters. The molecule has 7 heteroatoms. The van der Waals surface area contributed by atoms with E-state index in [-0.39, 0.29) is 11.9 Å². The minimum absolute atomic E-state index is 0.0687. The summed E-state index contributed by atoms with van der Waals surface area (Å²) in [6.45, 7) is 11.0. The van der Waals surface area contributed by atoms with Crippen molar-refractivity contribution in [2.24, 2.45) is 5.92 Å². The molecule has 4 rings (SSSR count). The minimum atomic E-state index is -0.150. The molecular weight excluding hydrogens is 388 g/mol. The number of nitrogens with one attached hydrogen (secondary N) is 1. The van der Waals surface area contributed by atoms with Crippen LogP contribution in [0.2, 0.25) is 0 Å². The van der Waals surface area contributed by atoms with Gasteiger partial charge in [-0.3, -0.25) is 9.69 Å². The fraction of sp³-hybridized carbons (Fsp3) is 0.625. The Morgan fingerprint density at radius 2 is 1.84 bits per heavy atom. The average Bonchev–Trinajstić information content (AvgIpc) is 3.11. The van der Waals surface area contributed by atoms with Crippen LogP contribution in [-0.4, -0.2) is 57.8 Å². The van der Waals surface area contributed by atoms with Crippen LogP contribution in [0, 0.1) is 19.8 Å². The topological polar surface area (TPSA) is 66.3 Å². The van der Waals surface area contributed by atoms with Crippen molar-refractivity contribution in [3.05, 3.63) is 35.9 Å². The highest BCUT2D eigenvalue weighted by Gasteiger charge is 2.28. The van der Waals surface area contributed by atoms with E-state index in [2.05, 4.69) is 37.3 Å². The summed E-state index contributed by atoms with van der Waals surface area (Å²) in [5.74, 6) is 2.35. The summed E-state index contributed by atoms with van der Waals surface area (Å²) in [5, 5.41) is 7.63. The van der Waals surface area contributed by atoms with Gasteiger partial charge in [0, 0.05) is 37.6 Å². The molecular formula is C24H36N6O. The number of carbonyl (C=O) groups is 1. The first-order valence-corrected chi connectivity index (χ1v) is 11.8. The lowest BCUT2D eigenvalue weighted by Gasteiger charge is -2.36. The number of nitrogens with zero attached hydrogens (tertiary/aromatic N) is 5. The number of likely N-dealkylation sites (tertiary alicyclic amines) is 1. The van der Waals surface area contributed by atoms with Crippen molar-refractivity contribution >= 4 is 17.3 Å². The summed E-state index contributed by atoms with van der Waals surface area (Å²) in [7, 11) is 0. The number of carbonyl (C=O) groups excluding carboxylic acids is 1. The van der Waals surface area contributed by atoms with Crippen LogP contribution in [0.15, 0.2) is 24.3 Å². The molecule has 1 N–H and O–H groups in total. The van der Waals surface area contributed by atoms with Gasteiger partial charge in [-0.1, -0.05) is 0 Å². The third-order valence-corrected chi connectivity index (χ3v) is 6.73. The van der Waals surface area contributed by atoms with Crippen molar-refractivity contribution in [3.63, 3.8) is 0 Å². The molecule has 2 aliphatic heterocycles. The van der Waals surface area contributed by atoms with E-state index in [1.54, 1.807) is 0 Å². The predicted octanol–water partition coefficient (Wildman–Crippen LogP) is 3.62. The Hall–Kier alpha value is -2.41. The van der Waals surface area contributed by atoms with Crippen LogP contribution >= 0.6 is 0 Å². The van der Waals surface area contributed by atoms with Gasteiger partial charge in [0.1, 0.15) is 11.6 Å². The first kappa shape index (κ1) is 21.8. The third-order valence-electron chi connectivity index (χ3n) is 6.73. The van der Waals surface area contributed by atoms with Crippen LogP contribution in [0.4, 0.5) is 11.4 Å². The van der Waals surface area contributed by atoms with Crippen molar-refractivity contribution in [2.45, 2.75) is 65.5 Å². The third kappa shape index (κ3) is 5.45. The van der Waals surface area contributed by atoms with Crippen molar-refractivity contribution in [1.29, 1.82) is 0 Å². The van der Waals surface area contributed by atoms with Crippen LogP contribution in [-0.2, 0) is 11.3 Å². The zero-order valence-corrected chi connectivity index (χ0v) is 19.2. The van der Waals surface area contributed by atoms with Gasteiger partial charge in [-0.25, -0.2) is 9.67 Å². The number of amides is 1. The van der Waals surface area contributed by atoms with E-state index in [1.807, 2.05) is 37.6 Å². The molecule has 1 aromatic heterocycles. The molecule has 1 amide bonds. The number of hydrogen-bond donors (Lipinski definition) is 1. The average molecular weight is 425 g/mol. The monoisotopic (exact) mass is 424 g/mol. The zero-order valence-electron chi connectivity index (χ0n) is 19.2. The van der Waals surface area contributed by atoms with Gasteiger partial charge in [-0.05, 0) is 89.6 Å². The Bertz CT molecular complexity index is 871. The lowest BCUT2D eigenvalue weighted by atomic mass is 9.96. The molecule has 0 bridgehead atoms. The summed E-state index contributed by atoms with van der Waals surface area (Å²) in [6, 6.07) is 8.17. The van der Waals surface area contributed by atoms with Crippen LogP contribution in [0.25, 0.3) is 0 Å². The van der Waals surface area contributed by atoms with Crippen molar-refractivity contribution in [1.82, 2.24) is 19.7 Å². The van der Waals surface area contributed by atoms with E-state index in [1.165, 1.54) is 31.4 Å². The molecule has 0 aliphatic carbocycles. The molecule has 0 saturated carbocycles. The smallest absolute Gasteiger partial charge is 0.241 e. The number of aromatic nitrogens is 3. The summed E-state index contributed by atoms with van der Waals surface area (Å²) in [6.07, 6.45) is 6.14. The highest BCUT2D eigenvalue weighted by molar-refractivity contribution is 5.94. The quantitative estimate of drug-likeness (QED) is 0.767. The van der Waals surface area contributed by atoms with Gasteiger partial charge in [-0.2, -0.15) is 5.10 Å². The molecule has 31 heavy (non-hydrogen) atoms. The standard InChI is InChI=1S/C24H36N6O/c1-18(29-15-7-8-21(16-29)17-30-20(3)25-19(2)27-30)24(31)26-22-9-11-23(12-10-22)28-13-5-4-6-14-28/h9-12,18,21H,4-8,13-17H2,1-3H3,(H,26,31). The fourth-order valence-corrected chi connectivity index (χ4v) is 4.90. The van der Waals surface area contributed by atoms with E-state index < -0.39 is 0 Å². The van der Waals surface area contributed by atoms with Gasteiger partial charge >= 0.3 is 0 Å². The molecule has 1 aromatic carbocycles. The molecule has 2 fully saturated rings. The summed E-state index contributed by atoms with van der Waals surface area (Å²) < 4.78 is 2.01. The number of piperidine rings is 2. The molecule has 3 heterocycles. The molecule has 2 aromatic rings. The van der Waals surface area contributed by atoms with Crippen molar-refractivity contribution in [3.8, 4) is 0 Å². The Balaban J connectivity index is 1.31. The highest BCUT2D eigenvalue weighted by Crippen LogP contribution is 2.23. The number of anilines is 2. The maximum absolute atomic E-state index is 12.9. The van der Waals surface area contributed by atoms with Crippen LogP contribution < -0.4 is 10.2 Å². The second-order valence-electron chi connectivity index (χ2n) is 9.15. The molecule has 2 atom stereocenters. The highest BCUT2D eigenvalue weighted by atomic mass is 16.2. The Morgan fingerprint density at radius 1 is 1.10 bits per heavy atom. The fourth-order valence-electron chi connectivity index (χ4n) is 4.90. The lowest BCUT2D eigenvalue weighted by molar-refractivity contribution is -0.121. The predicted molar refractivity (Wildman–Crippen MR) is 124 cm³/mol. The summed E-state index contributed by atoms with van der Waals surface area (Å²) >= 11 is 0. The van der Waals surface area contributed by atoms with E-state index >= 15 is 0 Å². The molecule has 0 radical (unpaired) electrons. The van der Waals surface area contributed by atoms with Gasteiger partial charge in [0.25, 0.3) is 0 Å². The number of rotatable bonds is 6. The summed E-state index contributed by atoms with van der Waals surface area (Å²) in [5.41, 5.74) is 2.13. The maximum Gasteiger partial charge on any atom is 0.241 e. The lowest BCUT2D eigenvalue weighted by Crippen LogP contribution is -2.47. The number of hydrogen-bond acceptors (Lipinski definition) is 5. The van der Waals surface area contributed by atoms with Gasteiger partial charge in [0.2, 0.25) is 5.91 Å². The van der Waals surface area contributed by atoms with E-state index in [9.17, 15) is 4.79 Å². The maximum atomic E-state index is 12.9. The number of benzene rings is 1. The molecule has 0 spiro atoms. The van der Waals surface area contributed by atoms with Gasteiger partial charge < -0.3 is 10.2 Å². The summed E-state index contributed by atoms with van der Waals surface area (Å²) in [4.78, 5) is 22.1. The van der Waals surface area contributed by atoms with Gasteiger partial charge in [0.05, 0.1) is 6.04 Å².